The van der Waals surface area contributed by atoms with Gasteiger partial charge in [-0.3, -0.25) is 0 Å². The molecular formula is C4H9ClN4. The minimum atomic E-state index is 0. The minimum Gasteiger partial charge on any atom is -0.381 e. The molecule has 0 bridgehead atoms. The van der Waals surface area contributed by atoms with Gasteiger partial charge in [0.15, 0.2) is 5.82 Å². The summed E-state index contributed by atoms with van der Waals surface area (Å²) in [7, 11) is 0. The summed E-state index contributed by atoms with van der Waals surface area (Å²) in [6.07, 6.45) is 1.53. The number of aromatic nitrogens is 3. The van der Waals surface area contributed by atoms with Gasteiger partial charge in [-0.25, -0.2) is 0 Å². The summed E-state index contributed by atoms with van der Waals surface area (Å²) < 4.78 is 0. The minimum absolute atomic E-state index is 0. The van der Waals surface area contributed by atoms with Crippen LogP contribution in [-0.2, 0) is 6.54 Å². The van der Waals surface area contributed by atoms with Gasteiger partial charge in [-0.1, -0.05) is 0 Å². The summed E-state index contributed by atoms with van der Waals surface area (Å²) in [4.78, 5) is 1.54. The second-order valence-corrected chi connectivity index (χ2v) is 1.46. The van der Waals surface area contributed by atoms with Crippen molar-refractivity contribution < 1.29 is 0 Å². The molecule has 0 saturated carbocycles. The van der Waals surface area contributed by atoms with Crippen molar-refractivity contribution >= 4 is 18.2 Å². The van der Waals surface area contributed by atoms with Gasteiger partial charge >= 0.3 is 0 Å². The second-order valence-electron chi connectivity index (χ2n) is 1.46. The van der Waals surface area contributed by atoms with Gasteiger partial charge in [0.05, 0.1) is 12.7 Å². The van der Waals surface area contributed by atoms with Crippen molar-refractivity contribution in [2.24, 2.45) is 0 Å². The maximum Gasteiger partial charge on any atom is 0.165 e. The Hall–Kier alpha value is -0.770. The lowest BCUT2D eigenvalue weighted by atomic mass is 10.8. The molecule has 52 valence electrons. The molecule has 0 unspecified atom stereocenters. The van der Waals surface area contributed by atoms with E-state index in [1.54, 1.807) is 0 Å². The van der Waals surface area contributed by atoms with Crippen LogP contribution in [0.2, 0.25) is 0 Å². The molecule has 4 nitrogen and oxygen atoms in total. The normalized spacial score (nSPS) is 8.56. The zero-order valence-electron chi connectivity index (χ0n) is 5.11. The van der Waals surface area contributed by atoms with Crippen LogP contribution in [0.15, 0.2) is 6.20 Å². The highest BCUT2D eigenvalue weighted by Crippen LogP contribution is 1.88. The van der Waals surface area contributed by atoms with Crippen molar-refractivity contribution in [3.8, 4) is 0 Å². The Kier molecular flexibility index (Phi) is 3.01. The first-order chi connectivity index (χ1) is 3.83. The van der Waals surface area contributed by atoms with Crippen LogP contribution in [0.4, 0.5) is 5.82 Å². The summed E-state index contributed by atoms with van der Waals surface area (Å²) in [5.74, 6) is 0.479. The maximum atomic E-state index is 5.26. The number of nitrogens with zero attached hydrogens (tertiary/aromatic N) is 3. The highest BCUT2D eigenvalue weighted by atomic mass is 35.5. The Bertz CT molecular complexity index is 173. The van der Waals surface area contributed by atoms with Crippen molar-refractivity contribution in [3.05, 3.63) is 6.20 Å². The lowest BCUT2D eigenvalue weighted by molar-refractivity contribution is 0.571. The molecule has 0 amide bonds. The predicted octanol–water partition coefficient (Wildman–Crippen LogP) is 0.302. The Morgan fingerprint density at radius 3 is 2.67 bits per heavy atom. The molecule has 2 N–H and O–H groups in total. The molecule has 0 aliphatic heterocycles. The Balaban J connectivity index is 0.000000640. The molecule has 0 atom stereocenters. The van der Waals surface area contributed by atoms with Gasteiger partial charge in [-0.15, -0.1) is 17.5 Å². The largest absolute Gasteiger partial charge is 0.381 e. The number of anilines is 1. The third-order valence-electron chi connectivity index (χ3n) is 0.837. The zero-order valence-corrected chi connectivity index (χ0v) is 5.93. The van der Waals surface area contributed by atoms with Crippen molar-refractivity contribution in [1.82, 2.24) is 15.0 Å². The van der Waals surface area contributed by atoms with Crippen LogP contribution in [0.25, 0.3) is 0 Å². The molecule has 0 spiro atoms. The van der Waals surface area contributed by atoms with E-state index in [1.165, 1.54) is 11.0 Å². The Morgan fingerprint density at radius 1 is 1.78 bits per heavy atom. The fourth-order valence-corrected chi connectivity index (χ4v) is 0.463. The molecule has 0 radical (unpaired) electrons. The molecular weight excluding hydrogens is 140 g/mol. The van der Waals surface area contributed by atoms with Gasteiger partial charge in [0, 0.05) is 0 Å². The number of halogens is 1. The summed E-state index contributed by atoms with van der Waals surface area (Å²) in [6.45, 7) is 2.73. The van der Waals surface area contributed by atoms with E-state index in [2.05, 4.69) is 10.2 Å². The molecule has 9 heavy (non-hydrogen) atoms. The second kappa shape index (κ2) is 3.29. The van der Waals surface area contributed by atoms with Crippen LogP contribution in [-0.4, -0.2) is 15.0 Å². The van der Waals surface area contributed by atoms with Gasteiger partial charge in [-0.2, -0.15) is 9.90 Å². The number of hydrogen-bond acceptors (Lipinski definition) is 3. The smallest absolute Gasteiger partial charge is 0.165 e. The Labute approximate surface area is 59.4 Å². The summed E-state index contributed by atoms with van der Waals surface area (Å²) in [6, 6.07) is 0. The van der Waals surface area contributed by atoms with E-state index in [9.17, 15) is 0 Å². The number of hydrogen-bond donors (Lipinski definition) is 1. The first-order valence-electron chi connectivity index (χ1n) is 2.48. The molecule has 0 fully saturated rings. The monoisotopic (exact) mass is 148 g/mol. The van der Waals surface area contributed by atoms with Gasteiger partial charge in [0.1, 0.15) is 0 Å². The number of aryl methyl sites for hydroxylation is 1. The van der Waals surface area contributed by atoms with Crippen molar-refractivity contribution in [1.29, 1.82) is 0 Å². The molecule has 5 heteroatoms. The van der Waals surface area contributed by atoms with E-state index in [0.29, 0.717) is 5.82 Å². The summed E-state index contributed by atoms with van der Waals surface area (Å²) >= 11 is 0. The predicted molar refractivity (Wildman–Crippen MR) is 37.4 cm³/mol. The molecule has 0 saturated heterocycles. The quantitative estimate of drug-likeness (QED) is 0.624. The van der Waals surface area contributed by atoms with Crippen LogP contribution in [0.3, 0.4) is 0 Å². The van der Waals surface area contributed by atoms with Crippen LogP contribution >= 0.6 is 12.4 Å². The summed E-state index contributed by atoms with van der Waals surface area (Å²) in [5.41, 5.74) is 5.26. The highest BCUT2D eigenvalue weighted by molar-refractivity contribution is 5.85. The number of nitrogen functional groups attached to an aromatic ring is 1. The van der Waals surface area contributed by atoms with E-state index in [-0.39, 0.29) is 12.4 Å². The third-order valence-corrected chi connectivity index (χ3v) is 0.837. The van der Waals surface area contributed by atoms with Gasteiger partial charge in [-0.05, 0) is 6.92 Å². The Morgan fingerprint density at radius 2 is 2.44 bits per heavy atom. The van der Waals surface area contributed by atoms with E-state index < -0.39 is 0 Å². The van der Waals surface area contributed by atoms with Crippen LogP contribution in [0.1, 0.15) is 6.92 Å². The van der Waals surface area contributed by atoms with Crippen molar-refractivity contribution in [3.63, 3.8) is 0 Å². The van der Waals surface area contributed by atoms with Crippen LogP contribution < -0.4 is 5.73 Å². The van der Waals surface area contributed by atoms with Crippen LogP contribution in [0.5, 0.6) is 0 Å². The lowest BCUT2D eigenvalue weighted by Crippen LogP contribution is -1.98. The molecule has 0 aliphatic rings. The zero-order chi connectivity index (χ0) is 5.98. The first kappa shape index (κ1) is 8.23. The number of rotatable bonds is 1. The van der Waals surface area contributed by atoms with E-state index >= 15 is 0 Å². The van der Waals surface area contributed by atoms with Crippen LogP contribution in [0, 0.1) is 0 Å². The fraction of sp³-hybridized carbons (Fsp3) is 0.500. The molecule has 1 aromatic heterocycles. The summed E-state index contributed by atoms with van der Waals surface area (Å²) in [5, 5.41) is 7.63. The lowest BCUT2D eigenvalue weighted by Gasteiger charge is -1.86. The first-order valence-corrected chi connectivity index (χ1v) is 2.48. The fourth-order valence-electron chi connectivity index (χ4n) is 0.463. The van der Waals surface area contributed by atoms with Gasteiger partial charge < -0.3 is 5.73 Å². The molecule has 0 aromatic carbocycles. The van der Waals surface area contributed by atoms with Gasteiger partial charge in [0.25, 0.3) is 0 Å². The standard InChI is InChI=1S/C4H8N4.ClH/c1-2-8-6-3-4(5)7-8;/h3H,2H2,1H3,(H2,5,7);1H. The van der Waals surface area contributed by atoms with E-state index in [1.807, 2.05) is 6.92 Å². The topological polar surface area (TPSA) is 56.7 Å². The van der Waals surface area contributed by atoms with E-state index in [4.69, 9.17) is 5.73 Å². The number of nitrogens with two attached hydrogens (primary N) is 1. The third kappa shape index (κ3) is 1.89. The molecule has 0 aliphatic carbocycles. The van der Waals surface area contributed by atoms with Crippen molar-refractivity contribution in [2.45, 2.75) is 13.5 Å². The molecule has 1 rings (SSSR count). The highest BCUT2D eigenvalue weighted by Gasteiger charge is 1.88. The molecule has 1 heterocycles. The average molecular weight is 149 g/mol. The average Bonchev–Trinajstić information content (AvgIpc) is 2.14. The van der Waals surface area contributed by atoms with E-state index in [0.717, 1.165) is 6.54 Å². The SMILES string of the molecule is CCn1ncc(N)n1.Cl. The maximum absolute atomic E-state index is 5.26. The van der Waals surface area contributed by atoms with Crippen molar-refractivity contribution in [2.75, 3.05) is 5.73 Å². The van der Waals surface area contributed by atoms with Gasteiger partial charge in [0.2, 0.25) is 0 Å². The molecule has 1 aromatic rings.